The summed E-state index contributed by atoms with van der Waals surface area (Å²) in [5.41, 5.74) is -0.385. The van der Waals surface area contributed by atoms with E-state index in [-0.39, 0.29) is 16.9 Å². The highest BCUT2D eigenvalue weighted by Gasteiger charge is 2.17. The van der Waals surface area contributed by atoms with Crippen LogP contribution in [0.3, 0.4) is 0 Å². The molecule has 0 aliphatic carbocycles. The Bertz CT molecular complexity index is 423. The summed E-state index contributed by atoms with van der Waals surface area (Å²) in [6.45, 7) is 4.63. The Morgan fingerprint density at radius 3 is 2.56 bits per heavy atom. The second-order valence-electron chi connectivity index (χ2n) is 4.44. The highest BCUT2D eigenvalue weighted by Crippen LogP contribution is 2.30. The van der Waals surface area contributed by atoms with E-state index in [2.05, 4.69) is 5.32 Å². The number of hydrogen-bond acceptors (Lipinski definition) is 3. The lowest BCUT2D eigenvalue weighted by atomic mass is 10.1. The summed E-state index contributed by atoms with van der Waals surface area (Å²) < 4.78 is 25.6. The minimum Gasteiger partial charge on any atom is -0.385 e. The van der Waals surface area contributed by atoms with Gasteiger partial charge in [-0.05, 0) is 18.4 Å². The average Bonchev–Trinajstić information content (AvgIpc) is 2.28. The molecule has 1 aromatic rings. The third-order valence-corrected chi connectivity index (χ3v) is 2.52. The maximum Gasteiger partial charge on any atom is 0.270 e. The summed E-state index contributed by atoms with van der Waals surface area (Å²) in [7, 11) is 0. The molecule has 1 N–H and O–H groups in total. The molecular weight excluding hydrogens is 242 g/mol. The first-order valence-electron chi connectivity index (χ1n) is 5.72. The number of nitro groups is 1. The van der Waals surface area contributed by atoms with Crippen LogP contribution in [0.4, 0.5) is 20.2 Å². The van der Waals surface area contributed by atoms with Crippen LogP contribution in [0, 0.1) is 16.0 Å². The van der Waals surface area contributed by atoms with Crippen LogP contribution in [-0.4, -0.2) is 11.5 Å². The predicted octanol–water partition coefficient (Wildman–Crippen LogP) is 3.99. The van der Waals surface area contributed by atoms with E-state index < -0.39 is 11.3 Å². The Hall–Kier alpha value is -1.72. The van der Waals surface area contributed by atoms with Gasteiger partial charge in [0.1, 0.15) is 0 Å². The van der Waals surface area contributed by atoms with Crippen molar-refractivity contribution in [2.24, 2.45) is 5.92 Å². The third-order valence-electron chi connectivity index (χ3n) is 2.52. The number of anilines is 1. The Labute approximate surface area is 104 Å². The summed E-state index contributed by atoms with van der Waals surface area (Å²) in [6, 6.07) is 3.48. The normalized spacial score (nSPS) is 11.0. The fourth-order valence-corrected chi connectivity index (χ4v) is 1.50. The lowest BCUT2D eigenvalue weighted by Crippen LogP contribution is -2.07. The van der Waals surface area contributed by atoms with Gasteiger partial charge in [-0.15, -0.1) is 0 Å². The molecule has 1 rings (SSSR count). The molecule has 0 aliphatic rings. The van der Waals surface area contributed by atoms with Gasteiger partial charge >= 0.3 is 0 Å². The second-order valence-corrected chi connectivity index (χ2v) is 4.44. The summed E-state index contributed by atoms with van der Waals surface area (Å²) in [4.78, 5) is 9.85. The van der Waals surface area contributed by atoms with E-state index in [0.29, 0.717) is 12.5 Å². The molecular formula is C12H16F2N2O2. The van der Waals surface area contributed by atoms with E-state index in [1.54, 1.807) is 0 Å². The molecule has 0 radical (unpaired) electrons. The van der Waals surface area contributed by atoms with Crippen molar-refractivity contribution in [2.75, 3.05) is 11.9 Å². The molecule has 0 saturated carbocycles. The monoisotopic (exact) mass is 258 g/mol. The number of nitro benzene ring substituents is 1. The highest BCUT2D eigenvalue weighted by molar-refractivity contribution is 5.56. The Morgan fingerprint density at radius 2 is 2.06 bits per heavy atom. The summed E-state index contributed by atoms with van der Waals surface area (Å²) >= 11 is 0. The number of hydrogen-bond donors (Lipinski definition) is 1. The third kappa shape index (κ3) is 3.94. The predicted molar refractivity (Wildman–Crippen MR) is 66.0 cm³/mol. The zero-order valence-corrected chi connectivity index (χ0v) is 10.3. The lowest BCUT2D eigenvalue weighted by Gasteiger charge is -2.12. The number of nitrogens with one attached hydrogen (secondary N) is 1. The van der Waals surface area contributed by atoms with Gasteiger partial charge in [-0.3, -0.25) is 10.1 Å². The molecule has 0 bridgehead atoms. The molecule has 0 spiro atoms. The molecule has 0 fully saturated rings. The van der Waals surface area contributed by atoms with Crippen molar-refractivity contribution in [3.05, 3.63) is 33.9 Å². The molecule has 100 valence electrons. The molecule has 0 atom stereocenters. The van der Waals surface area contributed by atoms with Gasteiger partial charge in [0.2, 0.25) is 0 Å². The summed E-state index contributed by atoms with van der Waals surface area (Å²) in [6.07, 6.45) is -1.88. The maximum absolute atomic E-state index is 12.8. The molecule has 0 aromatic heterocycles. The maximum atomic E-state index is 12.8. The first-order valence-corrected chi connectivity index (χ1v) is 5.72. The van der Waals surface area contributed by atoms with Crippen LogP contribution in [0.1, 0.15) is 32.3 Å². The van der Waals surface area contributed by atoms with E-state index in [1.807, 2.05) is 13.8 Å². The van der Waals surface area contributed by atoms with Crippen LogP contribution < -0.4 is 5.32 Å². The van der Waals surface area contributed by atoms with Gasteiger partial charge in [-0.2, -0.15) is 0 Å². The van der Waals surface area contributed by atoms with Crippen molar-refractivity contribution in [3.8, 4) is 0 Å². The minimum atomic E-state index is -2.73. The van der Waals surface area contributed by atoms with E-state index in [0.717, 1.165) is 12.5 Å². The molecule has 0 heterocycles. The van der Waals surface area contributed by atoms with Crippen LogP contribution in [0.15, 0.2) is 18.2 Å². The SMILES string of the molecule is CC(C)CCNc1ccc([N+](=O)[O-])cc1C(F)F. The Morgan fingerprint density at radius 1 is 1.39 bits per heavy atom. The van der Waals surface area contributed by atoms with Gasteiger partial charge in [0.15, 0.2) is 0 Å². The number of halogens is 2. The fraction of sp³-hybridized carbons (Fsp3) is 0.500. The molecule has 18 heavy (non-hydrogen) atoms. The van der Waals surface area contributed by atoms with Crippen LogP contribution >= 0.6 is 0 Å². The molecule has 0 aliphatic heterocycles. The van der Waals surface area contributed by atoms with E-state index in [9.17, 15) is 18.9 Å². The average molecular weight is 258 g/mol. The van der Waals surface area contributed by atoms with E-state index in [1.165, 1.54) is 12.1 Å². The fourth-order valence-electron chi connectivity index (χ4n) is 1.50. The van der Waals surface area contributed by atoms with Gasteiger partial charge in [-0.1, -0.05) is 13.8 Å². The topological polar surface area (TPSA) is 55.2 Å². The number of rotatable bonds is 6. The van der Waals surface area contributed by atoms with E-state index in [4.69, 9.17) is 0 Å². The number of benzene rings is 1. The number of nitrogens with zero attached hydrogens (tertiary/aromatic N) is 1. The zero-order chi connectivity index (χ0) is 13.7. The number of alkyl halides is 2. The van der Waals surface area contributed by atoms with Crippen molar-refractivity contribution < 1.29 is 13.7 Å². The molecule has 1 aromatic carbocycles. The number of non-ortho nitro benzene ring substituents is 1. The van der Waals surface area contributed by atoms with Crippen molar-refractivity contribution in [1.82, 2.24) is 0 Å². The lowest BCUT2D eigenvalue weighted by molar-refractivity contribution is -0.385. The first-order chi connectivity index (χ1) is 8.41. The summed E-state index contributed by atoms with van der Waals surface area (Å²) in [5.74, 6) is 0.463. The molecule has 0 unspecified atom stereocenters. The van der Waals surface area contributed by atoms with Gasteiger partial charge < -0.3 is 5.32 Å². The summed E-state index contributed by atoms with van der Waals surface area (Å²) in [5, 5.41) is 13.4. The molecule has 0 saturated heterocycles. The standard InChI is InChI=1S/C12H16F2N2O2/c1-8(2)5-6-15-11-4-3-9(16(17)18)7-10(11)12(13)14/h3-4,7-8,12,15H,5-6H2,1-2H3. The highest BCUT2D eigenvalue weighted by atomic mass is 19.3. The zero-order valence-electron chi connectivity index (χ0n) is 10.3. The van der Waals surface area contributed by atoms with Crippen LogP contribution in [0.25, 0.3) is 0 Å². The molecule has 6 heteroatoms. The smallest absolute Gasteiger partial charge is 0.270 e. The van der Waals surface area contributed by atoms with Crippen molar-refractivity contribution >= 4 is 11.4 Å². The van der Waals surface area contributed by atoms with Gasteiger partial charge in [-0.25, -0.2) is 8.78 Å². The van der Waals surface area contributed by atoms with E-state index >= 15 is 0 Å². The first kappa shape index (κ1) is 14.3. The van der Waals surface area contributed by atoms with Crippen LogP contribution in [0.5, 0.6) is 0 Å². The Balaban J connectivity index is 2.86. The van der Waals surface area contributed by atoms with Gasteiger partial charge in [0, 0.05) is 29.9 Å². The van der Waals surface area contributed by atoms with Gasteiger partial charge in [0.05, 0.1) is 4.92 Å². The minimum absolute atomic E-state index is 0.260. The quantitative estimate of drug-likeness (QED) is 0.620. The molecule has 0 amide bonds. The van der Waals surface area contributed by atoms with Crippen molar-refractivity contribution in [2.45, 2.75) is 26.7 Å². The van der Waals surface area contributed by atoms with Crippen molar-refractivity contribution in [3.63, 3.8) is 0 Å². The van der Waals surface area contributed by atoms with Crippen molar-refractivity contribution in [1.29, 1.82) is 0 Å². The second kappa shape index (κ2) is 6.28. The van der Waals surface area contributed by atoms with Gasteiger partial charge in [0.25, 0.3) is 12.1 Å². The van der Waals surface area contributed by atoms with Crippen LogP contribution in [-0.2, 0) is 0 Å². The van der Waals surface area contributed by atoms with Crippen LogP contribution in [0.2, 0.25) is 0 Å². The molecule has 4 nitrogen and oxygen atoms in total. The largest absolute Gasteiger partial charge is 0.385 e. The Kier molecular flexibility index (Phi) is 5.00.